The average Bonchev–Trinajstić information content (AvgIpc) is 2.99. The predicted molar refractivity (Wildman–Crippen MR) is 125 cm³/mol. The lowest BCUT2D eigenvalue weighted by molar-refractivity contribution is 0.0683. The summed E-state index contributed by atoms with van der Waals surface area (Å²) in [5, 5.41) is 20.0. The van der Waals surface area contributed by atoms with Crippen LogP contribution < -0.4 is 4.74 Å². The van der Waals surface area contributed by atoms with Crippen molar-refractivity contribution in [1.82, 2.24) is 4.57 Å². The monoisotopic (exact) mass is 475 g/mol. The average molecular weight is 476 g/mol. The normalized spacial score (nSPS) is 12.0. The Morgan fingerprint density at radius 2 is 1.69 bits per heavy atom. The van der Waals surface area contributed by atoms with Gasteiger partial charge in [-0.1, -0.05) is 11.6 Å². The second kappa shape index (κ2) is 9.79. The molecular formula is C24H26ClNO5S. The molecule has 0 radical (unpaired) electrons. The fourth-order valence-corrected chi connectivity index (χ4v) is 5.27. The summed E-state index contributed by atoms with van der Waals surface area (Å²) in [6.45, 7) is 8.10. The van der Waals surface area contributed by atoms with Crippen LogP contribution in [0.5, 0.6) is 11.5 Å². The SMILES string of the molecule is Cc1cc(OCCCn2c(C)c(S(=O)c3ccc(O)cc3)c(C)c2C(=O)O)cc(C)c1Cl. The van der Waals surface area contributed by atoms with Gasteiger partial charge in [-0.05, 0) is 87.2 Å². The fraction of sp³-hybridized carbons (Fsp3) is 0.292. The highest BCUT2D eigenvalue weighted by molar-refractivity contribution is 7.85. The summed E-state index contributed by atoms with van der Waals surface area (Å²) in [4.78, 5) is 13.0. The first-order valence-corrected chi connectivity index (χ1v) is 11.7. The zero-order valence-electron chi connectivity index (χ0n) is 18.4. The first-order valence-electron chi connectivity index (χ1n) is 10.1. The maximum atomic E-state index is 13.2. The fourth-order valence-electron chi connectivity index (χ4n) is 3.79. The van der Waals surface area contributed by atoms with Gasteiger partial charge in [-0.15, -0.1) is 0 Å². The Morgan fingerprint density at radius 1 is 1.09 bits per heavy atom. The van der Waals surface area contributed by atoms with Gasteiger partial charge in [0, 0.05) is 22.2 Å². The number of carbonyl (C=O) groups is 1. The number of aromatic hydroxyl groups is 1. The van der Waals surface area contributed by atoms with E-state index in [1.165, 1.54) is 12.1 Å². The van der Waals surface area contributed by atoms with Crippen LogP contribution in [-0.2, 0) is 17.3 Å². The molecule has 0 aliphatic rings. The van der Waals surface area contributed by atoms with Crippen molar-refractivity contribution < 1.29 is 24.0 Å². The van der Waals surface area contributed by atoms with Crippen LogP contribution in [0.3, 0.4) is 0 Å². The van der Waals surface area contributed by atoms with Gasteiger partial charge < -0.3 is 19.5 Å². The van der Waals surface area contributed by atoms with Gasteiger partial charge in [0.15, 0.2) is 0 Å². The Hall–Kier alpha value is -2.77. The number of aromatic carboxylic acids is 1. The maximum absolute atomic E-state index is 13.2. The molecule has 3 rings (SSSR count). The summed E-state index contributed by atoms with van der Waals surface area (Å²) < 4.78 is 20.7. The lowest BCUT2D eigenvalue weighted by Crippen LogP contribution is -2.13. The standard InChI is InChI=1S/C24H26ClNO5S/c1-14-12-19(13-15(2)21(14)25)31-11-5-10-26-17(4)23(16(3)22(26)24(28)29)32(30)20-8-6-18(27)7-9-20/h6-9,12-13,27H,5,10-11H2,1-4H3,(H,28,29). The molecule has 0 amide bonds. The van der Waals surface area contributed by atoms with Crippen LogP contribution >= 0.6 is 11.6 Å². The molecule has 1 atom stereocenters. The summed E-state index contributed by atoms with van der Waals surface area (Å²) in [7, 11) is -1.57. The van der Waals surface area contributed by atoms with E-state index in [1.54, 1.807) is 30.5 Å². The molecule has 0 spiro atoms. The van der Waals surface area contributed by atoms with E-state index in [4.69, 9.17) is 16.3 Å². The molecule has 8 heteroatoms. The number of rotatable bonds is 8. The number of aromatic nitrogens is 1. The third-order valence-corrected chi connectivity index (χ3v) is 7.61. The quantitative estimate of drug-likeness (QED) is 0.425. The Labute approximate surface area is 194 Å². The highest BCUT2D eigenvalue weighted by Gasteiger charge is 2.26. The third-order valence-electron chi connectivity index (χ3n) is 5.34. The number of aryl methyl sites for hydroxylation is 2. The molecule has 1 unspecified atom stereocenters. The van der Waals surface area contributed by atoms with Gasteiger partial charge in [0.1, 0.15) is 17.2 Å². The molecule has 1 aromatic heterocycles. The highest BCUT2D eigenvalue weighted by Crippen LogP contribution is 2.30. The Balaban J connectivity index is 1.80. The number of nitrogens with zero attached hydrogens (tertiary/aromatic N) is 1. The Morgan fingerprint density at radius 3 is 2.25 bits per heavy atom. The van der Waals surface area contributed by atoms with Gasteiger partial charge in [-0.2, -0.15) is 0 Å². The molecule has 2 aromatic carbocycles. The van der Waals surface area contributed by atoms with Crippen molar-refractivity contribution in [1.29, 1.82) is 0 Å². The Bertz CT molecular complexity index is 1160. The van der Waals surface area contributed by atoms with Gasteiger partial charge in [0.25, 0.3) is 0 Å². The summed E-state index contributed by atoms with van der Waals surface area (Å²) in [6.07, 6.45) is 0.571. The van der Waals surface area contributed by atoms with E-state index in [1.807, 2.05) is 26.0 Å². The second-order valence-corrected chi connectivity index (χ2v) is 9.48. The molecule has 6 nitrogen and oxygen atoms in total. The molecule has 0 aliphatic heterocycles. The lowest BCUT2D eigenvalue weighted by atomic mass is 10.1. The van der Waals surface area contributed by atoms with E-state index in [0.717, 1.165) is 21.9 Å². The maximum Gasteiger partial charge on any atom is 0.352 e. The number of hydrogen-bond acceptors (Lipinski definition) is 4. The second-order valence-electron chi connectivity index (χ2n) is 7.68. The van der Waals surface area contributed by atoms with Crippen molar-refractivity contribution in [2.24, 2.45) is 0 Å². The minimum Gasteiger partial charge on any atom is -0.508 e. The van der Waals surface area contributed by atoms with E-state index in [2.05, 4.69) is 0 Å². The van der Waals surface area contributed by atoms with Crippen molar-refractivity contribution in [3.8, 4) is 11.5 Å². The number of halogens is 1. The summed E-state index contributed by atoms with van der Waals surface area (Å²) >= 11 is 6.20. The summed E-state index contributed by atoms with van der Waals surface area (Å²) in [6, 6.07) is 9.83. The summed E-state index contributed by atoms with van der Waals surface area (Å²) in [5.74, 6) is -0.268. The number of carboxylic acid groups (broad SMARTS) is 1. The molecule has 0 aliphatic carbocycles. The first-order chi connectivity index (χ1) is 15.1. The van der Waals surface area contributed by atoms with E-state index in [0.29, 0.717) is 40.6 Å². The molecule has 0 saturated carbocycles. The molecular weight excluding hydrogens is 450 g/mol. The van der Waals surface area contributed by atoms with E-state index in [9.17, 15) is 19.2 Å². The minimum atomic E-state index is -1.57. The van der Waals surface area contributed by atoms with Crippen molar-refractivity contribution in [2.45, 2.75) is 50.5 Å². The number of benzene rings is 2. The number of carboxylic acids is 1. The largest absolute Gasteiger partial charge is 0.508 e. The number of ether oxygens (including phenoxy) is 1. The molecule has 2 N–H and O–H groups in total. The van der Waals surface area contributed by atoms with E-state index < -0.39 is 16.8 Å². The van der Waals surface area contributed by atoms with E-state index in [-0.39, 0.29) is 11.4 Å². The third kappa shape index (κ3) is 4.84. The van der Waals surface area contributed by atoms with Crippen LogP contribution in [0.2, 0.25) is 5.02 Å². The highest BCUT2D eigenvalue weighted by atomic mass is 35.5. The molecule has 0 saturated heterocycles. The zero-order valence-corrected chi connectivity index (χ0v) is 20.0. The van der Waals surface area contributed by atoms with Crippen LogP contribution in [0.1, 0.15) is 39.3 Å². The smallest absolute Gasteiger partial charge is 0.352 e. The van der Waals surface area contributed by atoms with Crippen molar-refractivity contribution in [3.05, 3.63) is 69.5 Å². The van der Waals surface area contributed by atoms with Gasteiger partial charge in [-0.25, -0.2) is 9.00 Å². The van der Waals surface area contributed by atoms with Gasteiger partial charge in [0.05, 0.1) is 22.3 Å². The topological polar surface area (TPSA) is 88.8 Å². The van der Waals surface area contributed by atoms with Crippen molar-refractivity contribution in [3.63, 3.8) is 0 Å². The van der Waals surface area contributed by atoms with Gasteiger partial charge >= 0.3 is 5.97 Å². The molecule has 1 heterocycles. The molecule has 170 valence electrons. The van der Waals surface area contributed by atoms with Crippen molar-refractivity contribution >= 4 is 28.4 Å². The van der Waals surface area contributed by atoms with Crippen LogP contribution in [0, 0.1) is 27.7 Å². The van der Waals surface area contributed by atoms with Crippen LogP contribution in [-0.4, -0.2) is 31.6 Å². The van der Waals surface area contributed by atoms with Crippen molar-refractivity contribution in [2.75, 3.05) is 6.61 Å². The van der Waals surface area contributed by atoms with Crippen LogP contribution in [0.4, 0.5) is 0 Å². The molecule has 0 fully saturated rings. The van der Waals surface area contributed by atoms with E-state index >= 15 is 0 Å². The molecule has 32 heavy (non-hydrogen) atoms. The van der Waals surface area contributed by atoms with Crippen LogP contribution in [0.15, 0.2) is 46.2 Å². The zero-order chi connectivity index (χ0) is 23.6. The first kappa shape index (κ1) is 23.9. The Kier molecular flexibility index (Phi) is 7.31. The number of hydrogen-bond donors (Lipinski definition) is 2. The predicted octanol–water partition coefficient (Wildman–Crippen LogP) is 5.41. The molecule has 0 bridgehead atoms. The summed E-state index contributed by atoms with van der Waals surface area (Å²) in [5.41, 5.74) is 3.12. The minimum absolute atomic E-state index is 0.0778. The lowest BCUT2D eigenvalue weighted by Gasteiger charge is -2.12. The van der Waals surface area contributed by atoms with Gasteiger partial charge in [-0.3, -0.25) is 0 Å². The van der Waals surface area contributed by atoms with Gasteiger partial charge in [0.2, 0.25) is 0 Å². The number of phenols is 1. The molecule has 3 aromatic rings. The van der Waals surface area contributed by atoms with Crippen LogP contribution in [0.25, 0.3) is 0 Å². The number of phenolic OH excluding ortho intramolecular Hbond substituents is 1.